The van der Waals surface area contributed by atoms with Gasteiger partial charge in [-0.25, -0.2) is 0 Å². The maximum Gasteiger partial charge on any atom is 0.261 e. The Labute approximate surface area is 140 Å². The van der Waals surface area contributed by atoms with Crippen LogP contribution in [0.15, 0.2) is 59.5 Å². The Morgan fingerprint density at radius 3 is 2.54 bits per heavy atom. The van der Waals surface area contributed by atoms with E-state index in [0.717, 1.165) is 11.9 Å². The third kappa shape index (κ3) is 3.08. The predicted octanol–water partition coefficient (Wildman–Crippen LogP) is 4.29. The van der Waals surface area contributed by atoms with Gasteiger partial charge in [-0.1, -0.05) is 38.1 Å². The average molecular weight is 320 g/mol. The number of benzene rings is 2. The molecule has 0 aliphatic rings. The van der Waals surface area contributed by atoms with Crippen LogP contribution in [0.2, 0.25) is 0 Å². The van der Waals surface area contributed by atoms with Gasteiger partial charge < -0.3 is 10.3 Å². The minimum atomic E-state index is -0.404. The first-order valence-corrected chi connectivity index (χ1v) is 8.12. The van der Waals surface area contributed by atoms with Gasteiger partial charge in [0.25, 0.3) is 5.91 Å². The fourth-order valence-corrected chi connectivity index (χ4v) is 2.67. The van der Waals surface area contributed by atoms with Crippen LogP contribution in [0.1, 0.15) is 42.1 Å². The van der Waals surface area contributed by atoms with Crippen LogP contribution in [-0.4, -0.2) is 10.9 Å². The summed E-state index contributed by atoms with van der Waals surface area (Å²) in [5, 5.41) is 3.30. The molecule has 2 N–H and O–H groups in total. The number of aromatic nitrogens is 1. The summed E-state index contributed by atoms with van der Waals surface area (Å²) in [6.07, 6.45) is 2.53. The highest BCUT2D eigenvalue weighted by Crippen LogP contribution is 2.20. The van der Waals surface area contributed by atoms with E-state index in [0.29, 0.717) is 17.0 Å². The van der Waals surface area contributed by atoms with Gasteiger partial charge in [0.2, 0.25) is 5.43 Å². The monoisotopic (exact) mass is 320 g/mol. The molecule has 0 aliphatic heterocycles. The van der Waals surface area contributed by atoms with E-state index in [1.165, 1.54) is 11.8 Å². The highest BCUT2D eigenvalue weighted by molar-refractivity contribution is 6.05. The van der Waals surface area contributed by atoms with Crippen LogP contribution in [-0.2, 0) is 0 Å². The first-order chi connectivity index (χ1) is 11.6. The fourth-order valence-electron chi connectivity index (χ4n) is 2.67. The van der Waals surface area contributed by atoms with Crippen molar-refractivity contribution in [1.82, 2.24) is 4.98 Å². The van der Waals surface area contributed by atoms with Gasteiger partial charge in [0.1, 0.15) is 5.56 Å². The lowest BCUT2D eigenvalue weighted by Crippen LogP contribution is -2.21. The van der Waals surface area contributed by atoms with E-state index in [2.05, 4.69) is 24.1 Å². The number of hydrogen-bond donors (Lipinski definition) is 2. The summed E-state index contributed by atoms with van der Waals surface area (Å²) in [5.41, 5.74) is 2.48. The second-order valence-corrected chi connectivity index (χ2v) is 5.96. The van der Waals surface area contributed by atoms with Gasteiger partial charge in [-0.05, 0) is 42.2 Å². The molecule has 24 heavy (non-hydrogen) atoms. The third-order valence-corrected chi connectivity index (χ3v) is 4.38. The SMILES string of the molecule is CCC(C)c1ccc(NC(=O)c2c[nH]c3ccccc3c2=O)cc1. The van der Waals surface area contributed by atoms with Crippen molar-refractivity contribution in [2.24, 2.45) is 0 Å². The van der Waals surface area contributed by atoms with Gasteiger partial charge >= 0.3 is 0 Å². The molecular weight excluding hydrogens is 300 g/mol. The summed E-state index contributed by atoms with van der Waals surface area (Å²) in [7, 11) is 0. The number of pyridine rings is 1. The van der Waals surface area contributed by atoms with Gasteiger partial charge in [0, 0.05) is 22.8 Å². The van der Waals surface area contributed by atoms with Crippen molar-refractivity contribution in [3.8, 4) is 0 Å². The number of hydrogen-bond acceptors (Lipinski definition) is 2. The van der Waals surface area contributed by atoms with Gasteiger partial charge in [-0.15, -0.1) is 0 Å². The molecular formula is C20H20N2O2. The minimum absolute atomic E-state index is 0.111. The standard InChI is InChI=1S/C20H20N2O2/c1-3-13(2)14-8-10-15(11-9-14)22-20(24)17-12-21-18-7-5-4-6-16(18)19(17)23/h4-13H,3H2,1-2H3,(H,21,23)(H,22,24). The smallest absolute Gasteiger partial charge is 0.261 e. The lowest BCUT2D eigenvalue weighted by atomic mass is 9.98. The molecule has 1 amide bonds. The third-order valence-electron chi connectivity index (χ3n) is 4.38. The fraction of sp³-hybridized carbons (Fsp3) is 0.200. The zero-order valence-electron chi connectivity index (χ0n) is 13.8. The molecule has 4 heteroatoms. The number of anilines is 1. The molecule has 0 spiro atoms. The first kappa shape index (κ1) is 16.0. The molecule has 1 unspecified atom stereocenters. The molecule has 1 atom stereocenters. The maximum absolute atomic E-state index is 12.5. The van der Waals surface area contributed by atoms with E-state index in [1.54, 1.807) is 12.1 Å². The van der Waals surface area contributed by atoms with E-state index >= 15 is 0 Å². The summed E-state index contributed by atoms with van der Waals surface area (Å²) < 4.78 is 0. The van der Waals surface area contributed by atoms with E-state index in [-0.39, 0.29) is 11.0 Å². The van der Waals surface area contributed by atoms with Crippen molar-refractivity contribution < 1.29 is 4.79 Å². The zero-order chi connectivity index (χ0) is 17.1. The Balaban J connectivity index is 1.85. The van der Waals surface area contributed by atoms with E-state index in [4.69, 9.17) is 0 Å². The minimum Gasteiger partial charge on any atom is -0.360 e. The van der Waals surface area contributed by atoms with E-state index in [9.17, 15) is 9.59 Å². The van der Waals surface area contributed by atoms with Crippen LogP contribution in [0.25, 0.3) is 10.9 Å². The molecule has 0 fully saturated rings. The largest absolute Gasteiger partial charge is 0.360 e. The molecule has 3 rings (SSSR count). The molecule has 0 bridgehead atoms. The summed E-state index contributed by atoms with van der Waals surface area (Å²) in [6, 6.07) is 14.9. The van der Waals surface area contributed by atoms with Crippen LogP contribution in [0.5, 0.6) is 0 Å². The summed E-state index contributed by atoms with van der Waals surface area (Å²) in [6.45, 7) is 4.31. The van der Waals surface area contributed by atoms with Crippen LogP contribution in [0.4, 0.5) is 5.69 Å². The van der Waals surface area contributed by atoms with Crippen molar-refractivity contribution in [3.05, 3.63) is 76.1 Å². The Morgan fingerprint density at radius 1 is 1.12 bits per heavy atom. The first-order valence-electron chi connectivity index (χ1n) is 8.12. The summed E-state index contributed by atoms with van der Waals surface area (Å²) in [5.74, 6) is 0.0800. The van der Waals surface area contributed by atoms with E-state index in [1.807, 2.05) is 36.4 Å². The summed E-state index contributed by atoms with van der Waals surface area (Å²) >= 11 is 0. The van der Waals surface area contributed by atoms with Crippen LogP contribution < -0.4 is 10.7 Å². The molecule has 0 saturated carbocycles. The highest BCUT2D eigenvalue weighted by atomic mass is 16.2. The number of fused-ring (bicyclic) bond motifs is 1. The maximum atomic E-state index is 12.5. The lowest BCUT2D eigenvalue weighted by molar-refractivity contribution is 0.102. The van der Waals surface area contributed by atoms with Gasteiger partial charge in [0.05, 0.1) is 0 Å². The molecule has 4 nitrogen and oxygen atoms in total. The summed E-state index contributed by atoms with van der Waals surface area (Å²) in [4.78, 5) is 27.9. The molecule has 122 valence electrons. The number of amides is 1. The van der Waals surface area contributed by atoms with Gasteiger partial charge in [-0.2, -0.15) is 0 Å². The highest BCUT2D eigenvalue weighted by Gasteiger charge is 2.13. The topological polar surface area (TPSA) is 62.0 Å². The molecule has 0 radical (unpaired) electrons. The van der Waals surface area contributed by atoms with Crippen LogP contribution >= 0.6 is 0 Å². The zero-order valence-corrected chi connectivity index (χ0v) is 13.8. The van der Waals surface area contributed by atoms with Gasteiger partial charge in [-0.3, -0.25) is 9.59 Å². The Hall–Kier alpha value is -2.88. The van der Waals surface area contributed by atoms with Crippen molar-refractivity contribution >= 4 is 22.5 Å². The van der Waals surface area contributed by atoms with Crippen molar-refractivity contribution in [2.75, 3.05) is 5.32 Å². The second-order valence-electron chi connectivity index (χ2n) is 5.96. The lowest BCUT2D eigenvalue weighted by Gasteiger charge is -2.10. The number of carbonyl (C=O) groups excluding carboxylic acids is 1. The number of para-hydroxylation sites is 1. The predicted molar refractivity (Wildman–Crippen MR) is 97.7 cm³/mol. The van der Waals surface area contributed by atoms with Crippen LogP contribution in [0, 0.1) is 0 Å². The number of H-pyrrole nitrogens is 1. The second kappa shape index (κ2) is 6.71. The van der Waals surface area contributed by atoms with Gasteiger partial charge in [0.15, 0.2) is 0 Å². The number of aromatic amines is 1. The Kier molecular flexibility index (Phi) is 4.47. The molecule has 0 aliphatic carbocycles. The molecule has 2 aromatic carbocycles. The van der Waals surface area contributed by atoms with Crippen molar-refractivity contribution in [2.45, 2.75) is 26.2 Å². The van der Waals surface area contributed by atoms with Crippen LogP contribution in [0.3, 0.4) is 0 Å². The van der Waals surface area contributed by atoms with E-state index < -0.39 is 5.91 Å². The Bertz CT molecular complexity index is 926. The quantitative estimate of drug-likeness (QED) is 0.753. The molecule has 0 saturated heterocycles. The molecule has 3 aromatic rings. The number of rotatable bonds is 4. The molecule has 1 aromatic heterocycles. The average Bonchev–Trinajstić information content (AvgIpc) is 2.62. The Morgan fingerprint density at radius 2 is 1.83 bits per heavy atom. The number of nitrogens with one attached hydrogen (secondary N) is 2. The normalized spacial score (nSPS) is 12.1. The van der Waals surface area contributed by atoms with Crippen molar-refractivity contribution in [1.29, 1.82) is 0 Å². The molecule has 1 heterocycles. The number of carbonyl (C=O) groups is 1. The van der Waals surface area contributed by atoms with Crippen molar-refractivity contribution in [3.63, 3.8) is 0 Å².